The molecule has 0 bridgehead atoms. The highest BCUT2D eigenvalue weighted by atomic mass is 15.1. The van der Waals surface area contributed by atoms with Crippen LogP contribution in [0.25, 0.3) is 0 Å². The van der Waals surface area contributed by atoms with E-state index >= 15 is 0 Å². The SMILES string of the molecule is CCCCCCCCN(CCCCCCCC)CCCCCCCC.[CH3]. The van der Waals surface area contributed by atoms with E-state index < -0.39 is 0 Å². The Morgan fingerprint density at radius 2 is 0.577 bits per heavy atom. The molecule has 0 heterocycles. The fourth-order valence-electron chi connectivity index (χ4n) is 3.68. The van der Waals surface area contributed by atoms with E-state index in [1.54, 1.807) is 0 Å². The van der Waals surface area contributed by atoms with Crippen molar-refractivity contribution in [2.45, 2.75) is 136 Å². The zero-order valence-electron chi connectivity index (χ0n) is 19.3. The van der Waals surface area contributed by atoms with Gasteiger partial charge in [-0.1, -0.05) is 125 Å². The molecule has 159 valence electrons. The molecule has 0 unspecified atom stereocenters. The first-order valence-corrected chi connectivity index (χ1v) is 12.1. The summed E-state index contributed by atoms with van der Waals surface area (Å²) in [7, 11) is 0. The first-order chi connectivity index (χ1) is 12.3. The highest BCUT2D eigenvalue weighted by Crippen LogP contribution is 2.11. The Morgan fingerprint density at radius 1 is 0.346 bits per heavy atom. The molecule has 0 aliphatic carbocycles. The predicted octanol–water partition coefficient (Wildman–Crippen LogP) is 8.82. The number of rotatable bonds is 21. The number of unbranched alkanes of at least 4 members (excludes halogenated alkanes) is 15. The fraction of sp³-hybridized carbons (Fsp3) is 0.960. The van der Waals surface area contributed by atoms with Crippen LogP contribution in [-0.4, -0.2) is 24.5 Å². The van der Waals surface area contributed by atoms with Crippen LogP contribution in [0.2, 0.25) is 0 Å². The summed E-state index contributed by atoms with van der Waals surface area (Å²) >= 11 is 0. The van der Waals surface area contributed by atoms with Crippen molar-refractivity contribution in [3.05, 3.63) is 7.43 Å². The second-order valence-corrected chi connectivity index (χ2v) is 8.14. The molecule has 0 aliphatic heterocycles. The largest absolute Gasteiger partial charge is 0.303 e. The van der Waals surface area contributed by atoms with E-state index in [1.807, 2.05) is 0 Å². The number of nitrogens with zero attached hydrogens (tertiary/aromatic N) is 1. The quantitative estimate of drug-likeness (QED) is 0.183. The molecule has 1 heteroatoms. The van der Waals surface area contributed by atoms with Crippen molar-refractivity contribution < 1.29 is 0 Å². The molecule has 0 spiro atoms. The zero-order chi connectivity index (χ0) is 18.4. The first-order valence-electron chi connectivity index (χ1n) is 12.1. The first kappa shape index (κ1) is 28.2. The summed E-state index contributed by atoms with van der Waals surface area (Å²) < 4.78 is 0. The van der Waals surface area contributed by atoms with Gasteiger partial charge in [0.05, 0.1) is 0 Å². The highest BCUT2D eigenvalue weighted by Gasteiger charge is 2.05. The Morgan fingerprint density at radius 3 is 0.846 bits per heavy atom. The second kappa shape index (κ2) is 25.0. The third kappa shape index (κ3) is 22.0. The lowest BCUT2D eigenvalue weighted by molar-refractivity contribution is 0.254. The molecular weight excluding hydrogens is 314 g/mol. The minimum atomic E-state index is 0. The van der Waals surface area contributed by atoms with Crippen LogP contribution in [0.4, 0.5) is 0 Å². The van der Waals surface area contributed by atoms with Crippen LogP contribution in [-0.2, 0) is 0 Å². The third-order valence-electron chi connectivity index (χ3n) is 5.48. The van der Waals surface area contributed by atoms with Crippen molar-refractivity contribution in [3.63, 3.8) is 0 Å². The molecule has 0 saturated carbocycles. The lowest BCUT2D eigenvalue weighted by Gasteiger charge is -2.22. The molecule has 0 fully saturated rings. The molecule has 0 atom stereocenters. The van der Waals surface area contributed by atoms with Crippen LogP contribution < -0.4 is 0 Å². The van der Waals surface area contributed by atoms with Gasteiger partial charge < -0.3 is 4.90 Å². The van der Waals surface area contributed by atoms with E-state index in [9.17, 15) is 0 Å². The van der Waals surface area contributed by atoms with E-state index in [4.69, 9.17) is 0 Å². The molecule has 1 radical (unpaired) electrons. The van der Waals surface area contributed by atoms with Crippen molar-refractivity contribution in [3.8, 4) is 0 Å². The maximum absolute atomic E-state index is 2.79. The van der Waals surface area contributed by atoms with Gasteiger partial charge in [0.1, 0.15) is 0 Å². The smallest absolute Gasteiger partial charge is 0.00187 e. The van der Waals surface area contributed by atoms with Crippen LogP contribution >= 0.6 is 0 Å². The minimum absolute atomic E-state index is 0. The van der Waals surface area contributed by atoms with Gasteiger partial charge in [-0.25, -0.2) is 0 Å². The average Bonchev–Trinajstić information content (AvgIpc) is 2.63. The van der Waals surface area contributed by atoms with Crippen molar-refractivity contribution in [2.24, 2.45) is 0 Å². The maximum atomic E-state index is 2.79. The molecule has 26 heavy (non-hydrogen) atoms. The van der Waals surface area contributed by atoms with Gasteiger partial charge in [-0.15, -0.1) is 0 Å². The monoisotopic (exact) mass is 368 g/mol. The van der Waals surface area contributed by atoms with Crippen LogP contribution in [0.5, 0.6) is 0 Å². The molecule has 0 aliphatic rings. The van der Waals surface area contributed by atoms with E-state index in [0.29, 0.717) is 0 Å². The summed E-state index contributed by atoms with van der Waals surface area (Å²) in [4.78, 5) is 2.79. The Bertz CT molecular complexity index is 188. The van der Waals surface area contributed by atoms with Gasteiger partial charge in [0.15, 0.2) is 0 Å². The molecule has 0 aromatic carbocycles. The molecule has 0 N–H and O–H groups in total. The molecular formula is C25H54N. The number of hydrogen-bond acceptors (Lipinski definition) is 1. The van der Waals surface area contributed by atoms with Gasteiger partial charge in [0.25, 0.3) is 0 Å². The van der Waals surface area contributed by atoms with E-state index in [-0.39, 0.29) is 7.43 Å². The molecule has 0 saturated heterocycles. The van der Waals surface area contributed by atoms with Gasteiger partial charge in [-0.3, -0.25) is 0 Å². The van der Waals surface area contributed by atoms with Gasteiger partial charge in [0, 0.05) is 0 Å². The Labute approximate surface area is 168 Å². The predicted molar refractivity (Wildman–Crippen MR) is 123 cm³/mol. The maximum Gasteiger partial charge on any atom is -0.00187 e. The summed E-state index contributed by atoms with van der Waals surface area (Å²) in [6.07, 6.45) is 25.7. The summed E-state index contributed by atoms with van der Waals surface area (Å²) in [5, 5.41) is 0. The van der Waals surface area contributed by atoms with E-state index in [1.165, 1.54) is 135 Å². The minimum Gasteiger partial charge on any atom is -0.303 e. The van der Waals surface area contributed by atoms with Gasteiger partial charge in [0.2, 0.25) is 0 Å². The Balaban J connectivity index is 0. The second-order valence-electron chi connectivity index (χ2n) is 8.14. The van der Waals surface area contributed by atoms with Gasteiger partial charge in [-0.05, 0) is 38.9 Å². The van der Waals surface area contributed by atoms with Crippen molar-refractivity contribution in [2.75, 3.05) is 19.6 Å². The molecule has 0 amide bonds. The fourth-order valence-corrected chi connectivity index (χ4v) is 3.68. The zero-order valence-corrected chi connectivity index (χ0v) is 19.3. The third-order valence-corrected chi connectivity index (χ3v) is 5.48. The lowest BCUT2D eigenvalue weighted by atomic mass is 10.1. The van der Waals surface area contributed by atoms with E-state index in [0.717, 1.165) is 0 Å². The van der Waals surface area contributed by atoms with Crippen LogP contribution in [0.3, 0.4) is 0 Å². The van der Waals surface area contributed by atoms with Gasteiger partial charge in [-0.2, -0.15) is 0 Å². The topological polar surface area (TPSA) is 3.24 Å². The van der Waals surface area contributed by atoms with Crippen LogP contribution in [0.15, 0.2) is 0 Å². The molecule has 0 aromatic heterocycles. The molecule has 0 rings (SSSR count). The van der Waals surface area contributed by atoms with Crippen LogP contribution in [0, 0.1) is 7.43 Å². The highest BCUT2D eigenvalue weighted by molar-refractivity contribution is 4.60. The van der Waals surface area contributed by atoms with E-state index in [2.05, 4.69) is 25.7 Å². The normalized spacial score (nSPS) is 11.1. The van der Waals surface area contributed by atoms with Crippen molar-refractivity contribution >= 4 is 0 Å². The summed E-state index contributed by atoms with van der Waals surface area (Å²) in [5.41, 5.74) is 0. The summed E-state index contributed by atoms with van der Waals surface area (Å²) in [6.45, 7) is 11.0. The van der Waals surface area contributed by atoms with Crippen molar-refractivity contribution in [1.29, 1.82) is 0 Å². The van der Waals surface area contributed by atoms with Gasteiger partial charge >= 0.3 is 0 Å². The van der Waals surface area contributed by atoms with Crippen LogP contribution in [0.1, 0.15) is 136 Å². The summed E-state index contributed by atoms with van der Waals surface area (Å²) in [6, 6.07) is 0. The molecule has 1 nitrogen and oxygen atoms in total. The standard InChI is InChI=1S/C24H51N.CH3/c1-4-7-10-13-16-19-22-25(23-20-17-14-11-8-5-2)24-21-18-15-12-9-6-3;/h4-24H2,1-3H3;1H3. The lowest BCUT2D eigenvalue weighted by Crippen LogP contribution is -2.27. The Hall–Kier alpha value is -0.0400. The average molecular weight is 369 g/mol. The summed E-state index contributed by atoms with van der Waals surface area (Å²) in [5.74, 6) is 0. The van der Waals surface area contributed by atoms with Crippen molar-refractivity contribution in [1.82, 2.24) is 4.90 Å². The number of hydrogen-bond donors (Lipinski definition) is 0. The Kier molecular flexibility index (Phi) is 27.0. The molecule has 0 aromatic rings.